The lowest BCUT2D eigenvalue weighted by atomic mass is 9.75. The summed E-state index contributed by atoms with van der Waals surface area (Å²) in [5.74, 6) is -3.17. The van der Waals surface area contributed by atoms with Crippen molar-refractivity contribution in [3.8, 4) is 0 Å². The maximum Gasteiger partial charge on any atom is 0.312 e. The van der Waals surface area contributed by atoms with Crippen molar-refractivity contribution in [1.29, 1.82) is 0 Å². The van der Waals surface area contributed by atoms with Gasteiger partial charge in [0, 0.05) is 36.3 Å². The summed E-state index contributed by atoms with van der Waals surface area (Å²) in [5, 5.41) is 23.9. The lowest BCUT2D eigenvalue weighted by Crippen LogP contribution is -2.59. The molecule has 4 rings (SSSR count). The number of aliphatic hydroxyl groups is 2. The van der Waals surface area contributed by atoms with Gasteiger partial charge in [0.25, 0.3) is 0 Å². The number of fused-ring (bicyclic) bond motifs is 2. The van der Waals surface area contributed by atoms with Gasteiger partial charge in [-0.3, -0.25) is 14.6 Å². The van der Waals surface area contributed by atoms with Crippen LogP contribution in [0.2, 0.25) is 0 Å². The molecule has 15 atom stereocenters. The molecule has 0 aliphatic carbocycles. The van der Waals surface area contributed by atoms with Crippen molar-refractivity contribution in [2.24, 2.45) is 29.4 Å². The lowest BCUT2D eigenvalue weighted by Gasteiger charge is -2.47. The van der Waals surface area contributed by atoms with Crippen LogP contribution in [0.4, 0.5) is 0 Å². The highest BCUT2D eigenvalue weighted by molar-refractivity contribution is 5.76. The number of hydrogen-bond donors (Lipinski definition) is 3. The zero-order valence-corrected chi connectivity index (χ0v) is 30.4. The summed E-state index contributed by atoms with van der Waals surface area (Å²) in [6.07, 6.45) is -1.08. The second-order valence-corrected chi connectivity index (χ2v) is 15.3. The third-order valence-electron chi connectivity index (χ3n) is 11.1. The van der Waals surface area contributed by atoms with E-state index in [0.717, 1.165) is 0 Å². The molecule has 0 aromatic carbocycles. The number of pyridine rings is 1. The minimum Gasteiger partial charge on any atom is -0.461 e. The molecule has 1 aromatic heterocycles. The van der Waals surface area contributed by atoms with Gasteiger partial charge in [-0.15, -0.1) is 0 Å². The van der Waals surface area contributed by atoms with Crippen LogP contribution >= 0.6 is 0 Å². The minimum absolute atomic E-state index is 0.0673. The highest BCUT2D eigenvalue weighted by Crippen LogP contribution is 2.45. The van der Waals surface area contributed by atoms with Gasteiger partial charge in [-0.25, -0.2) is 0 Å². The SMILES string of the molecule is CC[C@@H]1OC(=O)[C@H](C)[C@@H](OC(=O)Cc2cccnc2)[C@H](C)[C@@H](O[C@@H]2O[C@H](C)C[C@H](N(C)C)[C@H]2O)[C@@](C)(O)C[C@@H](C)[C@H]2OC1(C)[C@@H](N)[C@@H]2C. The summed E-state index contributed by atoms with van der Waals surface area (Å²) in [6, 6.07) is 2.80. The minimum atomic E-state index is -1.56. The number of rotatable bonds is 7. The monoisotopic (exact) mass is 677 g/mol. The van der Waals surface area contributed by atoms with Gasteiger partial charge in [-0.05, 0) is 78.6 Å². The maximum absolute atomic E-state index is 14.0. The van der Waals surface area contributed by atoms with Crippen molar-refractivity contribution >= 4 is 11.9 Å². The molecule has 0 amide bonds. The Morgan fingerprint density at radius 1 is 1.17 bits per heavy atom. The first-order chi connectivity index (χ1) is 22.4. The number of aliphatic hydroxyl groups excluding tert-OH is 1. The molecule has 3 saturated heterocycles. The number of aromatic nitrogens is 1. The van der Waals surface area contributed by atoms with E-state index in [9.17, 15) is 19.8 Å². The maximum atomic E-state index is 14.0. The van der Waals surface area contributed by atoms with E-state index in [4.69, 9.17) is 29.4 Å². The van der Waals surface area contributed by atoms with Crippen LogP contribution in [0, 0.1) is 23.7 Å². The van der Waals surface area contributed by atoms with E-state index >= 15 is 0 Å². The number of carbonyl (C=O) groups is 2. The van der Waals surface area contributed by atoms with Gasteiger partial charge in [0.2, 0.25) is 0 Å². The van der Waals surface area contributed by atoms with Crippen molar-refractivity contribution in [2.45, 2.75) is 147 Å². The normalized spacial score (nSPS) is 44.3. The fourth-order valence-corrected chi connectivity index (χ4v) is 8.34. The number of ether oxygens (including phenoxy) is 5. The van der Waals surface area contributed by atoms with E-state index < -0.39 is 71.7 Å². The Bertz CT molecular complexity index is 1230. The summed E-state index contributed by atoms with van der Waals surface area (Å²) in [5.41, 5.74) is 4.92. The first-order valence-electron chi connectivity index (χ1n) is 17.5. The molecule has 2 bridgehead atoms. The first kappa shape index (κ1) is 38.6. The standard InChI is InChI=1S/C36H59N3O9/c1-11-26-36(8)31(37)21(4)29(48-36)19(2)17-35(7,43)32(47-34-28(41)25(39(9)10)15-20(3)44-34)22(5)30(23(6)33(42)45-26)46-27(40)16-24-13-12-14-38-18-24/h12-14,18-23,25-26,28-32,34,41,43H,11,15-17,37H2,1-10H3/t19-,20-,21-,22+,23-,25+,26+,28-,29-,30+,31+,32-,34+,35+,36?/m1/s1. The molecule has 272 valence electrons. The molecule has 4 heterocycles. The molecule has 0 spiro atoms. The van der Waals surface area contributed by atoms with Gasteiger partial charge in [0.1, 0.15) is 23.9 Å². The Morgan fingerprint density at radius 2 is 1.85 bits per heavy atom. The second kappa shape index (κ2) is 15.4. The molecule has 3 fully saturated rings. The van der Waals surface area contributed by atoms with Crippen LogP contribution in [-0.4, -0.2) is 112 Å². The quantitative estimate of drug-likeness (QED) is 0.363. The molecular formula is C36H59N3O9. The van der Waals surface area contributed by atoms with Gasteiger partial charge < -0.3 is 44.5 Å². The topological polar surface area (TPSA) is 163 Å². The van der Waals surface area contributed by atoms with Crippen molar-refractivity contribution in [3.63, 3.8) is 0 Å². The van der Waals surface area contributed by atoms with Gasteiger partial charge in [-0.2, -0.15) is 0 Å². The van der Waals surface area contributed by atoms with E-state index in [-0.39, 0.29) is 42.9 Å². The summed E-state index contributed by atoms with van der Waals surface area (Å²) in [6.45, 7) is 14.9. The predicted molar refractivity (Wildman–Crippen MR) is 178 cm³/mol. The summed E-state index contributed by atoms with van der Waals surface area (Å²) >= 11 is 0. The molecule has 1 aromatic rings. The van der Waals surface area contributed by atoms with Crippen LogP contribution in [0.5, 0.6) is 0 Å². The molecule has 0 radical (unpaired) electrons. The van der Waals surface area contributed by atoms with Gasteiger partial charge in [-0.1, -0.05) is 33.8 Å². The Labute approximate surface area is 286 Å². The number of esters is 2. The molecular weight excluding hydrogens is 618 g/mol. The Kier molecular flexibility index (Phi) is 12.4. The molecule has 0 saturated carbocycles. The smallest absolute Gasteiger partial charge is 0.312 e. The lowest BCUT2D eigenvalue weighted by molar-refractivity contribution is -0.299. The fourth-order valence-electron chi connectivity index (χ4n) is 8.34. The third-order valence-corrected chi connectivity index (χ3v) is 11.1. The highest BCUT2D eigenvalue weighted by atomic mass is 16.7. The van der Waals surface area contributed by atoms with Crippen LogP contribution in [0.3, 0.4) is 0 Å². The molecule has 3 aliphatic rings. The Hall–Kier alpha value is -2.19. The molecule has 48 heavy (non-hydrogen) atoms. The number of nitrogens with zero attached hydrogens (tertiary/aromatic N) is 2. The highest BCUT2D eigenvalue weighted by Gasteiger charge is 2.57. The zero-order chi connectivity index (χ0) is 35.7. The number of nitrogens with two attached hydrogens (primary N) is 1. The van der Waals surface area contributed by atoms with Crippen molar-refractivity contribution in [3.05, 3.63) is 30.1 Å². The number of carbonyl (C=O) groups excluding carboxylic acids is 2. The van der Waals surface area contributed by atoms with Crippen LogP contribution < -0.4 is 5.73 Å². The fraction of sp³-hybridized carbons (Fsp3) is 0.806. The number of cyclic esters (lactones) is 1. The Balaban J connectivity index is 1.78. The van der Waals surface area contributed by atoms with Gasteiger partial charge in [0.15, 0.2) is 6.29 Å². The van der Waals surface area contributed by atoms with Gasteiger partial charge in [0.05, 0.1) is 36.3 Å². The average molecular weight is 678 g/mol. The third kappa shape index (κ3) is 8.06. The summed E-state index contributed by atoms with van der Waals surface area (Å²) in [4.78, 5) is 33.5. The second-order valence-electron chi connectivity index (χ2n) is 15.3. The van der Waals surface area contributed by atoms with Crippen LogP contribution in [0.15, 0.2) is 24.5 Å². The van der Waals surface area contributed by atoms with Crippen molar-refractivity contribution < 1.29 is 43.5 Å². The Morgan fingerprint density at radius 3 is 2.46 bits per heavy atom. The molecule has 3 aliphatic heterocycles. The average Bonchev–Trinajstić information content (AvgIpc) is 3.26. The molecule has 12 heteroatoms. The van der Waals surface area contributed by atoms with Crippen LogP contribution in [0.1, 0.15) is 80.2 Å². The van der Waals surface area contributed by atoms with Gasteiger partial charge >= 0.3 is 11.9 Å². The van der Waals surface area contributed by atoms with Crippen molar-refractivity contribution in [2.75, 3.05) is 14.1 Å². The van der Waals surface area contributed by atoms with Crippen molar-refractivity contribution in [1.82, 2.24) is 9.88 Å². The van der Waals surface area contributed by atoms with E-state index in [1.54, 1.807) is 45.3 Å². The largest absolute Gasteiger partial charge is 0.461 e. The van der Waals surface area contributed by atoms with E-state index in [1.165, 1.54) is 0 Å². The van der Waals surface area contributed by atoms with E-state index in [0.29, 0.717) is 18.4 Å². The molecule has 1 unspecified atom stereocenters. The molecule has 12 nitrogen and oxygen atoms in total. The predicted octanol–water partition coefficient (Wildman–Crippen LogP) is 2.85. The van der Waals surface area contributed by atoms with Crippen LogP contribution in [-0.2, 0) is 39.7 Å². The molecule has 4 N–H and O–H groups in total. The number of likely N-dealkylation sites (N-methyl/N-ethyl adjacent to an activating group) is 1. The first-order valence-corrected chi connectivity index (χ1v) is 17.5. The van der Waals surface area contributed by atoms with E-state index in [2.05, 4.69) is 4.98 Å². The summed E-state index contributed by atoms with van der Waals surface area (Å²) < 4.78 is 31.8. The van der Waals surface area contributed by atoms with E-state index in [1.807, 2.05) is 53.6 Å². The van der Waals surface area contributed by atoms with Crippen LogP contribution in [0.25, 0.3) is 0 Å². The zero-order valence-electron chi connectivity index (χ0n) is 30.4. The number of hydrogen-bond acceptors (Lipinski definition) is 12. The summed E-state index contributed by atoms with van der Waals surface area (Å²) in [7, 11) is 3.77.